The zero-order valence-electron chi connectivity index (χ0n) is 19.3. The SMILES string of the molecule is Cc1c(NC(=O)COC(=O)C(O)(c2ccccc2)c2ccccc2)c(=O)n(-c2ccccc2)n1C. The van der Waals surface area contributed by atoms with Gasteiger partial charge in [-0.3, -0.25) is 14.3 Å². The highest BCUT2D eigenvalue weighted by atomic mass is 16.6. The molecule has 0 saturated heterocycles. The van der Waals surface area contributed by atoms with E-state index in [2.05, 4.69) is 5.32 Å². The molecule has 0 aliphatic rings. The molecule has 0 spiro atoms. The maximum Gasteiger partial charge on any atom is 0.348 e. The predicted molar refractivity (Wildman–Crippen MR) is 131 cm³/mol. The number of hydrogen-bond donors (Lipinski definition) is 2. The van der Waals surface area contributed by atoms with Crippen molar-refractivity contribution in [2.75, 3.05) is 11.9 Å². The Morgan fingerprint density at radius 3 is 1.89 bits per heavy atom. The lowest BCUT2D eigenvalue weighted by Crippen LogP contribution is -2.40. The summed E-state index contributed by atoms with van der Waals surface area (Å²) >= 11 is 0. The summed E-state index contributed by atoms with van der Waals surface area (Å²) in [6, 6.07) is 25.7. The molecule has 0 aliphatic carbocycles. The first-order chi connectivity index (χ1) is 16.8. The molecule has 4 rings (SSSR count). The Kier molecular flexibility index (Phi) is 6.66. The largest absolute Gasteiger partial charge is 0.453 e. The van der Waals surface area contributed by atoms with Crippen LogP contribution in [0.25, 0.3) is 5.69 Å². The van der Waals surface area contributed by atoms with Crippen molar-refractivity contribution in [2.45, 2.75) is 12.5 Å². The zero-order valence-corrected chi connectivity index (χ0v) is 19.3. The van der Waals surface area contributed by atoms with Gasteiger partial charge in [0.25, 0.3) is 11.5 Å². The smallest absolute Gasteiger partial charge is 0.348 e. The van der Waals surface area contributed by atoms with Crippen molar-refractivity contribution in [2.24, 2.45) is 7.05 Å². The van der Waals surface area contributed by atoms with Crippen molar-refractivity contribution < 1.29 is 19.4 Å². The van der Waals surface area contributed by atoms with E-state index in [0.717, 1.165) is 0 Å². The first-order valence-corrected chi connectivity index (χ1v) is 11.0. The van der Waals surface area contributed by atoms with E-state index < -0.39 is 29.6 Å². The third kappa shape index (κ3) is 4.51. The highest BCUT2D eigenvalue weighted by Gasteiger charge is 2.41. The summed E-state index contributed by atoms with van der Waals surface area (Å²) in [5.41, 5.74) is -0.650. The molecule has 3 aromatic carbocycles. The van der Waals surface area contributed by atoms with E-state index in [0.29, 0.717) is 22.5 Å². The van der Waals surface area contributed by atoms with Gasteiger partial charge < -0.3 is 15.2 Å². The number of ether oxygens (including phenoxy) is 1. The number of anilines is 1. The lowest BCUT2D eigenvalue weighted by Gasteiger charge is -2.26. The van der Waals surface area contributed by atoms with Crippen LogP contribution in [0.1, 0.15) is 16.8 Å². The number of nitrogens with one attached hydrogen (secondary N) is 1. The van der Waals surface area contributed by atoms with Crippen LogP contribution in [0, 0.1) is 6.92 Å². The monoisotopic (exact) mass is 471 g/mol. The zero-order chi connectivity index (χ0) is 25.0. The van der Waals surface area contributed by atoms with E-state index in [1.165, 1.54) is 4.68 Å². The molecule has 8 nitrogen and oxygen atoms in total. The Balaban J connectivity index is 1.54. The van der Waals surface area contributed by atoms with Crippen LogP contribution in [0.3, 0.4) is 0 Å². The number of rotatable bonds is 7. The van der Waals surface area contributed by atoms with E-state index in [-0.39, 0.29) is 5.69 Å². The van der Waals surface area contributed by atoms with Crippen molar-refractivity contribution in [3.63, 3.8) is 0 Å². The van der Waals surface area contributed by atoms with E-state index in [1.54, 1.807) is 91.4 Å². The minimum Gasteiger partial charge on any atom is -0.453 e. The Bertz CT molecular complexity index is 1350. The van der Waals surface area contributed by atoms with E-state index >= 15 is 0 Å². The van der Waals surface area contributed by atoms with Crippen molar-refractivity contribution in [3.05, 3.63) is 118 Å². The fourth-order valence-electron chi connectivity index (χ4n) is 3.88. The van der Waals surface area contributed by atoms with Crippen molar-refractivity contribution in [3.8, 4) is 5.69 Å². The minimum absolute atomic E-state index is 0.0822. The van der Waals surface area contributed by atoms with Crippen LogP contribution in [0.15, 0.2) is 95.8 Å². The Morgan fingerprint density at radius 2 is 1.37 bits per heavy atom. The molecule has 2 N–H and O–H groups in total. The van der Waals surface area contributed by atoms with Gasteiger partial charge in [0.1, 0.15) is 5.69 Å². The molecule has 35 heavy (non-hydrogen) atoms. The average molecular weight is 472 g/mol. The molecule has 4 aromatic rings. The number of carbonyl (C=O) groups is 2. The molecule has 0 atom stereocenters. The van der Waals surface area contributed by atoms with Gasteiger partial charge in [-0.2, -0.15) is 0 Å². The fourth-order valence-corrected chi connectivity index (χ4v) is 3.88. The molecule has 0 radical (unpaired) electrons. The lowest BCUT2D eigenvalue weighted by molar-refractivity contribution is -0.163. The van der Waals surface area contributed by atoms with Crippen LogP contribution >= 0.6 is 0 Å². The van der Waals surface area contributed by atoms with Crippen molar-refractivity contribution >= 4 is 17.6 Å². The Morgan fingerprint density at radius 1 is 0.886 bits per heavy atom. The lowest BCUT2D eigenvalue weighted by atomic mass is 9.86. The first-order valence-electron chi connectivity index (χ1n) is 11.0. The summed E-state index contributed by atoms with van der Waals surface area (Å²) in [6.45, 7) is 1.02. The number of carbonyl (C=O) groups excluding carboxylic acids is 2. The maximum atomic E-state index is 13.1. The summed E-state index contributed by atoms with van der Waals surface area (Å²) in [6.07, 6.45) is 0. The summed E-state index contributed by atoms with van der Waals surface area (Å²) in [4.78, 5) is 38.7. The fraction of sp³-hybridized carbons (Fsp3) is 0.148. The second-order valence-corrected chi connectivity index (χ2v) is 8.00. The molecule has 1 aromatic heterocycles. The first kappa shape index (κ1) is 23.7. The molecule has 1 amide bonds. The second-order valence-electron chi connectivity index (χ2n) is 8.00. The topological polar surface area (TPSA) is 103 Å². The molecule has 0 saturated carbocycles. The van der Waals surface area contributed by atoms with Gasteiger partial charge in [-0.25, -0.2) is 9.48 Å². The molecule has 178 valence electrons. The van der Waals surface area contributed by atoms with Gasteiger partial charge in [-0.15, -0.1) is 0 Å². The summed E-state index contributed by atoms with van der Waals surface area (Å²) < 4.78 is 8.29. The standard InChI is InChI=1S/C27H25N3O5/c1-19-24(25(32)30(29(19)2)22-16-10-5-11-17-22)28-23(31)18-35-26(33)27(34,20-12-6-3-7-13-20)21-14-8-4-9-15-21/h3-17,34H,18H2,1-2H3,(H,28,31). The predicted octanol–water partition coefficient (Wildman–Crippen LogP) is 2.90. The highest BCUT2D eigenvalue weighted by Crippen LogP contribution is 2.31. The van der Waals surface area contributed by atoms with Gasteiger partial charge in [0.05, 0.1) is 11.4 Å². The second kappa shape index (κ2) is 9.82. The van der Waals surface area contributed by atoms with Gasteiger partial charge in [0.2, 0.25) is 5.60 Å². The number of hydrogen-bond acceptors (Lipinski definition) is 5. The van der Waals surface area contributed by atoms with Gasteiger partial charge in [0.15, 0.2) is 6.61 Å². The summed E-state index contributed by atoms with van der Waals surface area (Å²) in [7, 11) is 1.71. The van der Waals surface area contributed by atoms with E-state index in [9.17, 15) is 19.5 Å². The minimum atomic E-state index is -2.11. The normalized spacial score (nSPS) is 11.2. The van der Waals surface area contributed by atoms with Crippen LogP contribution in [-0.2, 0) is 27.0 Å². The molecule has 0 aliphatic heterocycles. The van der Waals surface area contributed by atoms with Crippen LogP contribution < -0.4 is 10.9 Å². The number of benzene rings is 3. The molecular weight excluding hydrogens is 446 g/mol. The summed E-state index contributed by atoms with van der Waals surface area (Å²) in [5.74, 6) is -1.70. The molecule has 8 heteroatoms. The quantitative estimate of drug-likeness (QED) is 0.404. The molecule has 0 fully saturated rings. The molecule has 0 bridgehead atoms. The maximum absolute atomic E-state index is 13.1. The third-order valence-corrected chi connectivity index (χ3v) is 5.83. The van der Waals surface area contributed by atoms with Crippen LogP contribution in [0.5, 0.6) is 0 Å². The van der Waals surface area contributed by atoms with Crippen LogP contribution in [-0.4, -0.2) is 33.0 Å². The van der Waals surface area contributed by atoms with Crippen molar-refractivity contribution in [1.29, 1.82) is 0 Å². The van der Waals surface area contributed by atoms with Crippen LogP contribution in [0.4, 0.5) is 5.69 Å². The van der Waals surface area contributed by atoms with Crippen molar-refractivity contribution in [1.82, 2.24) is 9.36 Å². The number of esters is 1. The van der Waals surface area contributed by atoms with Gasteiger partial charge >= 0.3 is 5.97 Å². The Hall–Kier alpha value is -4.43. The van der Waals surface area contributed by atoms with E-state index in [4.69, 9.17) is 4.74 Å². The van der Waals surface area contributed by atoms with E-state index in [1.807, 2.05) is 18.2 Å². The number of amides is 1. The van der Waals surface area contributed by atoms with Gasteiger partial charge in [0, 0.05) is 7.05 Å². The average Bonchev–Trinajstić information content (AvgIpc) is 3.11. The summed E-state index contributed by atoms with van der Waals surface area (Å²) in [5, 5.41) is 14.0. The number of aromatic nitrogens is 2. The number of aliphatic hydroxyl groups is 1. The van der Waals surface area contributed by atoms with Gasteiger partial charge in [-0.05, 0) is 30.2 Å². The Labute approximate surface area is 202 Å². The number of nitrogens with zero attached hydrogens (tertiary/aromatic N) is 2. The highest BCUT2D eigenvalue weighted by molar-refractivity contribution is 5.94. The molecule has 1 heterocycles. The van der Waals surface area contributed by atoms with Crippen LogP contribution in [0.2, 0.25) is 0 Å². The van der Waals surface area contributed by atoms with Gasteiger partial charge in [-0.1, -0.05) is 78.9 Å². The third-order valence-electron chi connectivity index (χ3n) is 5.83. The molecule has 0 unspecified atom stereocenters. The number of para-hydroxylation sites is 1. The molecular formula is C27H25N3O5.